The van der Waals surface area contributed by atoms with E-state index in [-0.39, 0.29) is 0 Å². The van der Waals surface area contributed by atoms with E-state index >= 15 is 0 Å². The number of fused-ring (bicyclic) bond motifs is 1. The molecule has 0 bridgehead atoms. The fourth-order valence-electron chi connectivity index (χ4n) is 2.39. The number of rotatable bonds is 5. The first-order valence-corrected chi connectivity index (χ1v) is 8.72. The highest BCUT2D eigenvalue weighted by atomic mass is 32.1. The van der Waals surface area contributed by atoms with E-state index in [1.165, 1.54) is 17.3 Å². The van der Waals surface area contributed by atoms with Gasteiger partial charge < -0.3 is 10.2 Å². The van der Waals surface area contributed by atoms with Crippen LogP contribution in [0.5, 0.6) is 0 Å². The predicted molar refractivity (Wildman–Crippen MR) is 101 cm³/mol. The summed E-state index contributed by atoms with van der Waals surface area (Å²) in [5.41, 5.74) is 4.02. The van der Waals surface area contributed by atoms with E-state index < -0.39 is 0 Å². The number of hydrogen-bond acceptors (Lipinski definition) is 4. The molecule has 0 saturated carbocycles. The summed E-state index contributed by atoms with van der Waals surface area (Å²) in [6.45, 7) is 3.88. The molecule has 0 unspecified atom stereocenters. The number of anilines is 1. The lowest BCUT2D eigenvalue weighted by atomic mass is 10.2. The van der Waals surface area contributed by atoms with Crippen molar-refractivity contribution in [3.63, 3.8) is 0 Å². The zero-order valence-electron chi connectivity index (χ0n) is 12.9. The fourth-order valence-corrected chi connectivity index (χ4v) is 3.18. The average Bonchev–Trinajstić information content (AvgIpc) is 3.03. The Morgan fingerprint density at radius 1 is 1.13 bits per heavy atom. The average molecular weight is 342 g/mol. The quantitative estimate of drug-likeness (QED) is 0.700. The minimum absolute atomic E-state index is 0.734. The molecule has 1 aromatic heterocycles. The summed E-state index contributed by atoms with van der Waals surface area (Å²) in [4.78, 5) is 2.19. The first-order valence-electron chi connectivity index (χ1n) is 7.58. The van der Waals surface area contributed by atoms with Crippen LogP contribution >= 0.6 is 23.9 Å². The molecular weight excluding hydrogens is 324 g/mol. The van der Waals surface area contributed by atoms with Gasteiger partial charge in [0, 0.05) is 18.8 Å². The first-order chi connectivity index (χ1) is 11.3. The van der Waals surface area contributed by atoms with Gasteiger partial charge in [-0.25, -0.2) is 0 Å². The Balaban J connectivity index is 1.72. The van der Waals surface area contributed by atoms with E-state index in [9.17, 15) is 0 Å². The molecule has 3 aromatic rings. The lowest BCUT2D eigenvalue weighted by Crippen LogP contribution is -2.34. The van der Waals surface area contributed by atoms with E-state index in [0.717, 1.165) is 41.3 Å². The maximum atomic E-state index is 5.61. The highest BCUT2D eigenvalue weighted by molar-refractivity contribution is 7.80. The van der Waals surface area contributed by atoms with E-state index in [1.807, 2.05) is 24.3 Å². The van der Waals surface area contributed by atoms with Crippen molar-refractivity contribution in [3.05, 3.63) is 54.1 Å². The summed E-state index contributed by atoms with van der Waals surface area (Å²) >= 11 is 6.83. The van der Waals surface area contributed by atoms with Gasteiger partial charge in [0.05, 0.1) is 11.7 Å². The Labute approximate surface area is 145 Å². The highest BCUT2D eigenvalue weighted by Gasteiger charge is 2.10. The standard InChI is InChI=1S/C17H18N4S2/c1-2-10-21(12-13-6-4-3-5-7-13)17(22)18-14-8-9-15-16(11-14)20-23-19-15/h3-9,11H,2,10,12H2,1H3,(H,18,22). The van der Waals surface area contributed by atoms with Crippen LogP contribution in [-0.2, 0) is 6.54 Å². The van der Waals surface area contributed by atoms with Gasteiger partial charge in [0.25, 0.3) is 0 Å². The van der Waals surface area contributed by atoms with Gasteiger partial charge in [0.2, 0.25) is 0 Å². The normalized spacial score (nSPS) is 10.7. The second-order valence-electron chi connectivity index (χ2n) is 5.31. The van der Waals surface area contributed by atoms with E-state index in [4.69, 9.17) is 12.2 Å². The number of nitrogens with one attached hydrogen (secondary N) is 1. The van der Waals surface area contributed by atoms with Gasteiger partial charge in [-0.2, -0.15) is 8.75 Å². The van der Waals surface area contributed by atoms with Crippen molar-refractivity contribution >= 4 is 45.8 Å². The molecule has 6 heteroatoms. The summed E-state index contributed by atoms with van der Waals surface area (Å²) in [6, 6.07) is 16.3. The third-order valence-electron chi connectivity index (χ3n) is 3.50. The summed E-state index contributed by atoms with van der Waals surface area (Å²) in [6.07, 6.45) is 1.05. The second-order valence-corrected chi connectivity index (χ2v) is 6.22. The molecule has 0 saturated heterocycles. The fraction of sp³-hybridized carbons (Fsp3) is 0.235. The Morgan fingerprint density at radius 3 is 2.70 bits per heavy atom. The van der Waals surface area contributed by atoms with Crippen LogP contribution < -0.4 is 5.32 Å². The van der Waals surface area contributed by atoms with Crippen molar-refractivity contribution in [2.75, 3.05) is 11.9 Å². The summed E-state index contributed by atoms with van der Waals surface area (Å²) in [7, 11) is 0. The number of benzene rings is 2. The van der Waals surface area contributed by atoms with Gasteiger partial charge in [-0.15, -0.1) is 0 Å². The lowest BCUT2D eigenvalue weighted by Gasteiger charge is -2.25. The molecular formula is C17H18N4S2. The summed E-state index contributed by atoms with van der Waals surface area (Å²) in [5.74, 6) is 0. The SMILES string of the molecule is CCCN(Cc1ccccc1)C(=S)Nc1ccc2nsnc2c1. The number of nitrogens with zero attached hydrogens (tertiary/aromatic N) is 3. The zero-order valence-corrected chi connectivity index (χ0v) is 14.5. The van der Waals surface area contributed by atoms with Gasteiger partial charge in [0.15, 0.2) is 5.11 Å². The molecule has 4 nitrogen and oxygen atoms in total. The van der Waals surface area contributed by atoms with E-state index in [1.54, 1.807) is 0 Å². The largest absolute Gasteiger partial charge is 0.345 e. The van der Waals surface area contributed by atoms with Gasteiger partial charge in [-0.05, 0) is 42.4 Å². The minimum Gasteiger partial charge on any atom is -0.345 e. The van der Waals surface area contributed by atoms with E-state index in [0.29, 0.717) is 0 Å². The van der Waals surface area contributed by atoms with Crippen LogP contribution in [0, 0.1) is 0 Å². The topological polar surface area (TPSA) is 41.0 Å². The van der Waals surface area contributed by atoms with Gasteiger partial charge in [0.1, 0.15) is 11.0 Å². The van der Waals surface area contributed by atoms with Gasteiger partial charge in [-0.3, -0.25) is 0 Å². The second kappa shape index (κ2) is 7.48. The molecule has 0 aliphatic carbocycles. The van der Waals surface area contributed by atoms with Crippen molar-refractivity contribution in [3.8, 4) is 0 Å². The Hall–Kier alpha value is -2.05. The van der Waals surface area contributed by atoms with Crippen molar-refractivity contribution in [1.82, 2.24) is 13.6 Å². The molecule has 118 valence electrons. The first kappa shape index (κ1) is 15.8. The van der Waals surface area contributed by atoms with E-state index in [2.05, 4.69) is 50.2 Å². The molecule has 0 amide bonds. The van der Waals surface area contributed by atoms with Crippen LogP contribution in [0.15, 0.2) is 48.5 Å². The molecule has 0 fully saturated rings. The zero-order chi connectivity index (χ0) is 16.1. The molecule has 0 spiro atoms. The van der Waals surface area contributed by atoms with Crippen LogP contribution in [0.4, 0.5) is 5.69 Å². The van der Waals surface area contributed by atoms with Crippen molar-refractivity contribution in [2.45, 2.75) is 19.9 Å². The molecule has 0 radical (unpaired) electrons. The molecule has 1 N–H and O–H groups in total. The van der Waals surface area contributed by atoms with Crippen molar-refractivity contribution < 1.29 is 0 Å². The summed E-state index contributed by atoms with van der Waals surface area (Å²) < 4.78 is 8.49. The number of aromatic nitrogens is 2. The number of hydrogen-bond donors (Lipinski definition) is 1. The Kier molecular flexibility index (Phi) is 5.15. The molecule has 3 rings (SSSR count). The molecule has 0 aliphatic rings. The maximum absolute atomic E-state index is 5.61. The third-order valence-corrected chi connectivity index (χ3v) is 4.42. The predicted octanol–water partition coefficient (Wildman–Crippen LogP) is 4.30. The third kappa shape index (κ3) is 4.03. The van der Waals surface area contributed by atoms with Crippen LogP contribution in [-0.4, -0.2) is 25.3 Å². The van der Waals surface area contributed by atoms with Crippen LogP contribution in [0.3, 0.4) is 0 Å². The molecule has 0 aliphatic heterocycles. The highest BCUT2D eigenvalue weighted by Crippen LogP contribution is 2.18. The summed E-state index contributed by atoms with van der Waals surface area (Å²) in [5, 5.41) is 4.06. The van der Waals surface area contributed by atoms with Crippen molar-refractivity contribution in [1.29, 1.82) is 0 Å². The smallest absolute Gasteiger partial charge is 0.173 e. The minimum atomic E-state index is 0.734. The van der Waals surface area contributed by atoms with Crippen molar-refractivity contribution in [2.24, 2.45) is 0 Å². The Bertz CT molecular complexity index is 785. The van der Waals surface area contributed by atoms with Crippen LogP contribution in [0.1, 0.15) is 18.9 Å². The maximum Gasteiger partial charge on any atom is 0.173 e. The molecule has 23 heavy (non-hydrogen) atoms. The lowest BCUT2D eigenvalue weighted by molar-refractivity contribution is 0.418. The Morgan fingerprint density at radius 2 is 1.91 bits per heavy atom. The van der Waals surface area contributed by atoms with Gasteiger partial charge >= 0.3 is 0 Å². The van der Waals surface area contributed by atoms with Gasteiger partial charge in [-0.1, -0.05) is 37.3 Å². The monoisotopic (exact) mass is 342 g/mol. The molecule has 1 heterocycles. The molecule has 2 aromatic carbocycles. The number of thiocarbonyl (C=S) groups is 1. The molecule has 0 atom stereocenters. The van der Waals surface area contributed by atoms with Crippen LogP contribution in [0.2, 0.25) is 0 Å². The van der Waals surface area contributed by atoms with Crippen LogP contribution in [0.25, 0.3) is 11.0 Å².